The van der Waals surface area contributed by atoms with E-state index in [1.165, 1.54) is 33.0 Å². The molecule has 0 amide bonds. The van der Waals surface area contributed by atoms with Gasteiger partial charge in [-0.25, -0.2) is 0 Å². The van der Waals surface area contributed by atoms with Gasteiger partial charge in [0.25, 0.3) is 0 Å². The first-order valence-corrected chi connectivity index (χ1v) is 11.3. The third-order valence-electron chi connectivity index (χ3n) is 6.05. The van der Waals surface area contributed by atoms with E-state index in [2.05, 4.69) is 59.8 Å². The van der Waals surface area contributed by atoms with E-state index in [0.717, 1.165) is 25.1 Å². The number of aromatic amines is 1. The quantitative estimate of drug-likeness (QED) is 0.445. The molecule has 2 heterocycles. The number of H-pyrrole nitrogens is 1. The van der Waals surface area contributed by atoms with E-state index in [9.17, 15) is 0 Å². The molecule has 1 aliphatic carbocycles. The smallest absolute Gasteiger partial charge is 0.189 e. The zero-order valence-corrected chi connectivity index (χ0v) is 18.9. The highest BCUT2D eigenvalue weighted by atomic mass is 35.5. The molecule has 5 rings (SSSR count). The van der Waals surface area contributed by atoms with Crippen LogP contribution >= 0.6 is 23.2 Å². The molecule has 31 heavy (non-hydrogen) atoms. The van der Waals surface area contributed by atoms with Crippen LogP contribution in [0.25, 0.3) is 12.2 Å². The highest BCUT2D eigenvalue weighted by molar-refractivity contribution is 6.30. The van der Waals surface area contributed by atoms with Crippen LogP contribution in [0, 0.1) is 6.92 Å². The summed E-state index contributed by atoms with van der Waals surface area (Å²) in [7, 11) is 0. The average molecular weight is 451 g/mol. The van der Waals surface area contributed by atoms with Crippen LogP contribution in [0.15, 0.2) is 61.0 Å². The lowest BCUT2D eigenvalue weighted by atomic mass is 9.92. The first-order valence-electron chi connectivity index (χ1n) is 10.5. The number of rotatable bonds is 4. The Bertz CT molecular complexity index is 1240. The Morgan fingerprint density at radius 3 is 2.61 bits per heavy atom. The van der Waals surface area contributed by atoms with Crippen molar-refractivity contribution in [3.8, 4) is 5.75 Å². The van der Waals surface area contributed by atoms with Crippen molar-refractivity contribution in [1.29, 1.82) is 0 Å². The minimum absolute atomic E-state index is 0.00896. The Kier molecular flexibility index (Phi) is 5.33. The summed E-state index contributed by atoms with van der Waals surface area (Å²) in [6, 6.07) is 16.0. The highest BCUT2D eigenvalue weighted by Gasteiger charge is 2.33. The fraction of sp³-hybridized carbons (Fsp3) is 0.231. The van der Waals surface area contributed by atoms with Crippen LogP contribution in [0.2, 0.25) is 5.02 Å². The van der Waals surface area contributed by atoms with Crippen LogP contribution < -0.4 is 15.3 Å². The molecule has 2 atom stereocenters. The van der Waals surface area contributed by atoms with Crippen LogP contribution in [0.4, 0.5) is 0 Å². The second kappa shape index (κ2) is 8.14. The molecule has 2 unspecified atom stereocenters. The molecule has 3 aromatic rings. The van der Waals surface area contributed by atoms with Crippen LogP contribution in [-0.2, 0) is 6.42 Å². The Morgan fingerprint density at radius 1 is 1.13 bits per heavy atom. The van der Waals surface area contributed by atoms with E-state index in [1.54, 1.807) is 0 Å². The largest absolute Gasteiger partial charge is 0.442 e. The number of ether oxygens (including phenoxy) is 1. The molecule has 0 bridgehead atoms. The van der Waals surface area contributed by atoms with Gasteiger partial charge in [-0.15, -0.1) is 11.6 Å². The average Bonchev–Trinajstić information content (AvgIpc) is 3.13. The molecule has 1 N–H and O–H groups in total. The van der Waals surface area contributed by atoms with Gasteiger partial charge < -0.3 is 14.6 Å². The van der Waals surface area contributed by atoms with E-state index in [0.29, 0.717) is 10.9 Å². The zero-order valence-electron chi connectivity index (χ0n) is 17.4. The fourth-order valence-corrected chi connectivity index (χ4v) is 4.85. The van der Waals surface area contributed by atoms with Gasteiger partial charge in [0.15, 0.2) is 5.88 Å². The minimum atomic E-state index is -0.00896. The summed E-state index contributed by atoms with van der Waals surface area (Å²) in [4.78, 5) is 5.93. The summed E-state index contributed by atoms with van der Waals surface area (Å²) in [6.45, 7) is 7.19. The number of aryl methyl sites for hydroxylation is 1. The Labute approximate surface area is 192 Å². The minimum Gasteiger partial charge on any atom is -0.442 e. The molecule has 0 saturated carbocycles. The van der Waals surface area contributed by atoms with E-state index in [-0.39, 0.29) is 11.4 Å². The van der Waals surface area contributed by atoms with Crippen molar-refractivity contribution >= 4 is 35.4 Å². The predicted molar refractivity (Wildman–Crippen MR) is 128 cm³/mol. The van der Waals surface area contributed by atoms with E-state index in [1.807, 2.05) is 24.3 Å². The summed E-state index contributed by atoms with van der Waals surface area (Å²) >= 11 is 12.5. The summed E-state index contributed by atoms with van der Waals surface area (Å²) < 4.78 is 6.14. The molecule has 0 spiro atoms. The number of fused-ring (bicyclic) bond motifs is 3. The predicted octanol–water partition coefficient (Wildman–Crippen LogP) is 5.05. The van der Waals surface area contributed by atoms with Gasteiger partial charge in [-0.05, 0) is 61.7 Å². The van der Waals surface area contributed by atoms with Gasteiger partial charge in [-0.3, -0.25) is 0 Å². The van der Waals surface area contributed by atoms with Crippen molar-refractivity contribution in [3.63, 3.8) is 0 Å². The second-order valence-electron chi connectivity index (χ2n) is 8.17. The Hall–Kier alpha value is -2.62. The van der Waals surface area contributed by atoms with Gasteiger partial charge in [0.05, 0.1) is 11.4 Å². The molecule has 2 aliphatic rings. The van der Waals surface area contributed by atoms with Crippen LogP contribution in [0.5, 0.6) is 5.75 Å². The maximum absolute atomic E-state index is 6.44. The van der Waals surface area contributed by atoms with E-state index in [4.69, 9.17) is 27.9 Å². The Balaban J connectivity index is 1.57. The third kappa shape index (κ3) is 3.88. The number of halogens is 2. The number of benzene rings is 2. The topological polar surface area (TPSA) is 28.3 Å². The van der Waals surface area contributed by atoms with Gasteiger partial charge >= 0.3 is 0 Å². The van der Waals surface area contributed by atoms with Gasteiger partial charge in [-0.2, -0.15) is 0 Å². The number of hydrogen-bond donors (Lipinski definition) is 1. The summed E-state index contributed by atoms with van der Waals surface area (Å²) in [6.07, 6.45) is 6.15. The highest BCUT2D eigenvalue weighted by Crippen LogP contribution is 2.36. The van der Waals surface area contributed by atoms with E-state index < -0.39 is 0 Å². The summed E-state index contributed by atoms with van der Waals surface area (Å²) in [5.74, 6) is 1.34. The fourth-order valence-electron chi connectivity index (χ4n) is 4.51. The third-order valence-corrected chi connectivity index (χ3v) is 6.61. The summed E-state index contributed by atoms with van der Waals surface area (Å²) in [5, 5.41) is 3.15. The maximum Gasteiger partial charge on any atom is 0.189 e. The normalized spacial score (nSPS) is 19.6. The number of alkyl halides is 1. The lowest BCUT2D eigenvalue weighted by Gasteiger charge is -2.38. The first-order chi connectivity index (χ1) is 15.0. The molecule has 0 saturated heterocycles. The van der Waals surface area contributed by atoms with Crippen molar-refractivity contribution in [2.24, 2.45) is 0 Å². The lowest BCUT2D eigenvalue weighted by molar-refractivity contribution is 0.173. The molecule has 1 aromatic heterocycles. The summed E-state index contributed by atoms with van der Waals surface area (Å²) in [5.41, 5.74) is 4.98. The lowest BCUT2D eigenvalue weighted by Crippen LogP contribution is -2.38. The molecule has 158 valence electrons. The number of nitrogens with zero attached hydrogens (tertiary/aromatic N) is 1. The molecule has 0 fully saturated rings. The Morgan fingerprint density at radius 2 is 1.87 bits per heavy atom. The van der Waals surface area contributed by atoms with Crippen LogP contribution in [0.3, 0.4) is 0 Å². The van der Waals surface area contributed by atoms with Gasteiger partial charge in [0, 0.05) is 27.8 Å². The van der Waals surface area contributed by atoms with Gasteiger partial charge in [0.2, 0.25) is 0 Å². The molecule has 3 nitrogen and oxygen atoms in total. The van der Waals surface area contributed by atoms with Crippen molar-refractivity contribution < 1.29 is 4.74 Å². The number of aromatic nitrogens is 1. The maximum atomic E-state index is 6.44. The molecule has 1 aliphatic heterocycles. The van der Waals surface area contributed by atoms with Crippen molar-refractivity contribution in [2.45, 2.75) is 31.2 Å². The van der Waals surface area contributed by atoms with E-state index >= 15 is 0 Å². The molecular weight excluding hydrogens is 427 g/mol. The SMILES string of the molecule is C=C(Oc1ccc(Cl)cc1)N1CCc2c([nH]c3c2=CC(Cl)CC=3)C1c1ccc(C)cc1. The standard InChI is InChI=1S/C26H24Cl2N2O/c1-16-3-5-18(6-4-16)26-25-22(23-15-20(28)9-12-24(23)29-25)13-14-30(26)17(2)31-21-10-7-19(27)8-11-21/h3-8,10-12,15,20,26,29H,2,9,13-14H2,1H3. The molecule has 5 heteroatoms. The second-order valence-corrected chi connectivity index (χ2v) is 9.17. The van der Waals surface area contributed by atoms with Crippen molar-refractivity contribution in [2.75, 3.05) is 6.54 Å². The molecule has 0 radical (unpaired) electrons. The monoisotopic (exact) mass is 450 g/mol. The van der Waals surface area contributed by atoms with Crippen molar-refractivity contribution in [1.82, 2.24) is 9.88 Å². The van der Waals surface area contributed by atoms with Gasteiger partial charge in [-0.1, -0.05) is 53.6 Å². The number of nitrogens with one attached hydrogen (secondary N) is 1. The van der Waals surface area contributed by atoms with Crippen LogP contribution in [0.1, 0.15) is 34.8 Å². The van der Waals surface area contributed by atoms with Gasteiger partial charge in [0.1, 0.15) is 5.75 Å². The zero-order chi connectivity index (χ0) is 21.5. The first kappa shape index (κ1) is 20.3. The number of hydrogen-bond acceptors (Lipinski definition) is 2. The molecular formula is C26H24Cl2N2O. The van der Waals surface area contributed by atoms with Crippen LogP contribution in [-0.4, -0.2) is 21.8 Å². The van der Waals surface area contributed by atoms with Crippen molar-refractivity contribution in [3.05, 3.63) is 99.0 Å². The molecule has 2 aromatic carbocycles.